The number of piperazine rings is 1. The molecule has 132 valence electrons. The second kappa shape index (κ2) is 7.13. The number of aromatic nitrogens is 2. The van der Waals surface area contributed by atoms with Crippen LogP contribution in [0.2, 0.25) is 0 Å². The molecule has 0 radical (unpaired) electrons. The first kappa shape index (κ1) is 17.3. The van der Waals surface area contributed by atoms with Crippen molar-refractivity contribution in [1.82, 2.24) is 14.9 Å². The van der Waals surface area contributed by atoms with Crippen LogP contribution in [0, 0.1) is 11.6 Å². The first-order chi connectivity index (χ1) is 11.9. The van der Waals surface area contributed by atoms with Crippen molar-refractivity contribution in [1.29, 1.82) is 0 Å². The smallest absolute Gasteiger partial charge is 0.242 e. The first-order valence-corrected chi connectivity index (χ1v) is 8.23. The molecule has 0 bridgehead atoms. The maximum atomic E-state index is 13.8. The lowest BCUT2D eigenvalue weighted by Crippen LogP contribution is -2.50. The molecule has 1 aromatic carbocycles. The Bertz CT molecular complexity index is 781. The van der Waals surface area contributed by atoms with E-state index in [1.165, 1.54) is 0 Å². The van der Waals surface area contributed by atoms with Crippen molar-refractivity contribution in [3.63, 3.8) is 0 Å². The molecule has 1 aliphatic heterocycles. The quantitative estimate of drug-likeness (QED) is 0.854. The van der Waals surface area contributed by atoms with Gasteiger partial charge in [-0.15, -0.1) is 0 Å². The zero-order valence-corrected chi connectivity index (χ0v) is 14.2. The summed E-state index contributed by atoms with van der Waals surface area (Å²) in [5.41, 5.74) is 0.186. The third-order valence-electron chi connectivity index (χ3n) is 4.19. The van der Waals surface area contributed by atoms with Crippen molar-refractivity contribution < 1.29 is 13.6 Å². The van der Waals surface area contributed by atoms with Crippen LogP contribution < -0.4 is 4.90 Å². The molecule has 0 unspecified atom stereocenters. The SMILES string of the molecule is CC(C)c1nccc(N2CCN(Cc3cc(F)ccc3F)C(=O)C2)n1. The molecule has 2 aromatic rings. The van der Waals surface area contributed by atoms with E-state index in [4.69, 9.17) is 0 Å². The summed E-state index contributed by atoms with van der Waals surface area (Å²) in [7, 11) is 0. The number of anilines is 1. The van der Waals surface area contributed by atoms with E-state index in [2.05, 4.69) is 9.97 Å². The van der Waals surface area contributed by atoms with Crippen molar-refractivity contribution in [3.05, 3.63) is 53.5 Å². The van der Waals surface area contributed by atoms with Crippen molar-refractivity contribution in [2.75, 3.05) is 24.5 Å². The largest absolute Gasteiger partial charge is 0.345 e. The lowest BCUT2D eigenvalue weighted by Gasteiger charge is -2.35. The van der Waals surface area contributed by atoms with E-state index in [1.807, 2.05) is 18.7 Å². The van der Waals surface area contributed by atoms with Gasteiger partial charge in [0.1, 0.15) is 23.3 Å². The highest BCUT2D eigenvalue weighted by molar-refractivity contribution is 5.82. The maximum Gasteiger partial charge on any atom is 0.242 e. The van der Waals surface area contributed by atoms with Crippen LogP contribution in [0.25, 0.3) is 0 Å². The number of carbonyl (C=O) groups is 1. The van der Waals surface area contributed by atoms with E-state index < -0.39 is 11.6 Å². The van der Waals surface area contributed by atoms with Crippen molar-refractivity contribution in [2.45, 2.75) is 26.3 Å². The van der Waals surface area contributed by atoms with Crippen LogP contribution in [0.4, 0.5) is 14.6 Å². The number of rotatable bonds is 4. The van der Waals surface area contributed by atoms with Gasteiger partial charge in [-0.2, -0.15) is 0 Å². The summed E-state index contributed by atoms with van der Waals surface area (Å²) in [5, 5.41) is 0. The number of amides is 1. The second-order valence-corrected chi connectivity index (χ2v) is 6.40. The van der Waals surface area contributed by atoms with Gasteiger partial charge in [0.25, 0.3) is 0 Å². The molecule has 2 heterocycles. The predicted octanol–water partition coefficient (Wildman–Crippen LogP) is 2.73. The average Bonchev–Trinajstić information content (AvgIpc) is 2.60. The Morgan fingerprint density at radius 3 is 2.72 bits per heavy atom. The molecule has 0 saturated carbocycles. The molecule has 1 amide bonds. The Kier molecular flexibility index (Phi) is 4.92. The van der Waals surface area contributed by atoms with E-state index in [9.17, 15) is 13.6 Å². The molecule has 0 spiro atoms. The van der Waals surface area contributed by atoms with Crippen LogP contribution in [0.3, 0.4) is 0 Å². The normalized spacial score (nSPS) is 15.2. The minimum atomic E-state index is -0.510. The van der Waals surface area contributed by atoms with Crippen LogP contribution in [0.1, 0.15) is 31.2 Å². The standard InChI is InChI=1S/C18H20F2N4O/c1-12(2)18-21-6-5-16(22-18)23-7-8-24(17(25)11-23)10-13-9-14(19)3-4-15(13)20/h3-6,9,12H,7-8,10-11H2,1-2H3. The van der Waals surface area contributed by atoms with Gasteiger partial charge >= 0.3 is 0 Å². The molecule has 0 N–H and O–H groups in total. The molecular formula is C18H20F2N4O. The Morgan fingerprint density at radius 2 is 2.00 bits per heavy atom. The van der Waals surface area contributed by atoms with Crippen LogP contribution in [-0.2, 0) is 11.3 Å². The fourth-order valence-electron chi connectivity index (χ4n) is 2.76. The predicted molar refractivity (Wildman–Crippen MR) is 90.1 cm³/mol. The number of nitrogens with zero attached hydrogens (tertiary/aromatic N) is 4. The summed E-state index contributed by atoms with van der Waals surface area (Å²) in [6.45, 7) is 5.25. The molecule has 5 nitrogen and oxygen atoms in total. The second-order valence-electron chi connectivity index (χ2n) is 6.40. The van der Waals surface area contributed by atoms with Gasteiger partial charge in [0.15, 0.2) is 0 Å². The molecule has 25 heavy (non-hydrogen) atoms. The van der Waals surface area contributed by atoms with E-state index >= 15 is 0 Å². The molecule has 1 aromatic heterocycles. The van der Waals surface area contributed by atoms with Crippen molar-refractivity contribution in [2.24, 2.45) is 0 Å². The maximum absolute atomic E-state index is 13.8. The molecule has 0 atom stereocenters. The number of hydrogen-bond donors (Lipinski definition) is 0. The van der Waals surface area contributed by atoms with Crippen LogP contribution in [-0.4, -0.2) is 40.4 Å². The highest BCUT2D eigenvalue weighted by Gasteiger charge is 2.26. The number of hydrogen-bond acceptors (Lipinski definition) is 4. The molecule has 7 heteroatoms. The van der Waals surface area contributed by atoms with Gasteiger partial charge in [-0.05, 0) is 24.3 Å². The summed E-state index contributed by atoms with van der Waals surface area (Å²) in [6, 6.07) is 5.06. The minimum Gasteiger partial charge on any atom is -0.345 e. The Hall–Kier alpha value is -2.57. The minimum absolute atomic E-state index is 0.0668. The summed E-state index contributed by atoms with van der Waals surface area (Å²) in [4.78, 5) is 24.6. The van der Waals surface area contributed by atoms with Gasteiger partial charge in [0, 0.05) is 37.3 Å². The van der Waals surface area contributed by atoms with Gasteiger partial charge in [-0.25, -0.2) is 18.7 Å². The molecule has 1 aliphatic rings. The zero-order valence-electron chi connectivity index (χ0n) is 14.2. The third kappa shape index (κ3) is 3.92. The van der Waals surface area contributed by atoms with Crippen LogP contribution >= 0.6 is 0 Å². The Labute approximate surface area is 145 Å². The molecule has 1 fully saturated rings. The van der Waals surface area contributed by atoms with Crippen LogP contribution in [0.5, 0.6) is 0 Å². The number of benzene rings is 1. The summed E-state index contributed by atoms with van der Waals surface area (Å²) < 4.78 is 27.1. The highest BCUT2D eigenvalue weighted by Crippen LogP contribution is 2.19. The van der Waals surface area contributed by atoms with Gasteiger partial charge in [0.05, 0.1) is 6.54 Å². The number of carbonyl (C=O) groups excluding carboxylic acids is 1. The van der Waals surface area contributed by atoms with Gasteiger partial charge in [-0.1, -0.05) is 13.8 Å². The van der Waals surface area contributed by atoms with Gasteiger partial charge in [0.2, 0.25) is 5.91 Å². The topological polar surface area (TPSA) is 49.3 Å². The zero-order chi connectivity index (χ0) is 18.0. The summed E-state index contributed by atoms with van der Waals surface area (Å²) in [6.07, 6.45) is 1.69. The highest BCUT2D eigenvalue weighted by atomic mass is 19.1. The third-order valence-corrected chi connectivity index (χ3v) is 4.19. The van der Waals surface area contributed by atoms with Crippen LogP contribution in [0.15, 0.2) is 30.5 Å². The molecular weight excluding hydrogens is 326 g/mol. The lowest BCUT2D eigenvalue weighted by molar-refractivity contribution is -0.131. The van der Waals surface area contributed by atoms with Crippen molar-refractivity contribution >= 4 is 11.7 Å². The molecule has 1 saturated heterocycles. The van der Waals surface area contributed by atoms with Crippen molar-refractivity contribution in [3.8, 4) is 0 Å². The van der Waals surface area contributed by atoms with E-state index in [-0.39, 0.29) is 30.5 Å². The number of halogens is 2. The fourth-order valence-corrected chi connectivity index (χ4v) is 2.76. The summed E-state index contributed by atoms with van der Waals surface area (Å²) >= 11 is 0. The van der Waals surface area contributed by atoms with E-state index in [1.54, 1.807) is 17.2 Å². The average molecular weight is 346 g/mol. The Balaban J connectivity index is 1.69. The summed E-state index contributed by atoms with van der Waals surface area (Å²) in [5.74, 6) is 0.490. The van der Waals surface area contributed by atoms with E-state index in [0.717, 1.165) is 24.0 Å². The lowest BCUT2D eigenvalue weighted by atomic mass is 10.1. The molecule has 3 rings (SSSR count). The fraction of sp³-hybridized carbons (Fsp3) is 0.389. The van der Waals surface area contributed by atoms with E-state index in [0.29, 0.717) is 18.9 Å². The van der Waals surface area contributed by atoms with Gasteiger partial charge in [-0.3, -0.25) is 4.79 Å². The first-order valence-electron chi connectivity index (χ1n) is 8.23. The van der Waals surface area contributed by atoms with Gasteiger partial charge < -0.3 is 9.80 Å². The Morgan fingerprint density at radius 1 is 1.20 bits per heavy atom. The monoisotopic (exact) mass is 346 g/mol. The molecule has 0 aliphatic carbocycles.